The monoisotopic (exact) mass is 230 g/mol. The molecule has 86 valence electrons. The van der Waals surface area contributed by atoms with Gasteiger partial charge in [-0.3, -0.25) is 0 Å². The van der Waals surface area contributed by atoms with E-state index in [1.165, 1.54) is 12.1 Å². The van der Waals surface area contributed by atoms with Gasteiger partial charge in [0.05, 0.1) is 5.56 Å². The summed E-state index contributed by atoms with van der Waals surface area (Å²) in [7, 11) is 0. The van der Waals surface area contributed by atoms with E-state index in [0.29, 0.717) is 0 Å². The molecule has 1 N–H and O–H groups in total. The smallest absolute Gasteiger partial charge is 0.335 e. The first-order valence-electron chi connectivity index (χ1n) is 5.18. The first kappa shape index (κ1) is 11.3. The molecule has 0 amide bonds. The van der Waals surface area contributed by atoms with Gasteiger partial charge >= 0.3 is 5.97 Å². The van der Waals surface area contributed by atoms with E-state index in [1.807, 2.05) is 6.92 Å². The Morgan fingerprint density at radius 3 is 2.29 bits per heavy atom. The maximum Gasteiger partial charge on any atom is 0.335 e. The second-order valence-electron chi connectivity index (χ2n) is 3.84. The van der Waals surface area contributed by atoms with E-state index >= 15 is 0 Å². The Hall–Kier alpha value is -2.16. The van der Waals surface area contributed by atoms with Crippen molar-refractivity contribution in [1.82, 2.24) is 0 Å². The second-order valence-corrected chi connectivity index (χ2v) is 3.84. The number of hydrogen-bond acceptors (Lipinski definition) is 1. The number of aryl methyl sites for hydroxylation is 1. The van der Waals surface area contributed by atoms with E-state index < -0.39 is 5.97 Å². The van der Waals surface area contributed by atoms with Gasteiger partial charge in [0, 0.05) is 0 Å². The first-order valence-corrected chi connectivity index (χ1v) is 5.18. The predicted octanol–water partition coefficient (Wildman–Crippen LogP) is 3.50. The molecule has 0 spiro atoms. The van der Waals surface area contributed by atoms with Crippen molar-refractivity contribution in [3.05, 3.63) is 59.4 Å². The van der Waals surface area contributed by atoms with E-state index in [1.54, 1.807) is 30.3 Å². The zero-order chi connectivity index (χ0) is 12.4. The Bertz CT molecular complexity index is 559. The number of benzene rings is 2. The van der Waals surface area contributed by atoms with Crippen molar-refractivity contribution in [2.24, 2.45) is 0 Å². The van der Waals surface area contributed by atoms with Gasteiger partial charge in [0.25, 0.3) is 0 Å². The minimum Gasteiger partial charge on any atom is -0.478 e. The molecule has 2 nitrogen and oxygen atoms in total. The van der Waals surface area contributed by atoms with Crippen LogP contribution >= 0.6 is 0 Å². The van der Waals surface area contributed by atoms with E-state index in [-0.39, 0.29) is 11.4 Å². The summed E-state index contributed by atoms with van der Waals surface area (Å²) in [6.07, 6.45) is 0. The third kappa shape index (κ3) is 2.33. The number of aromatic carboxylic acids is 1. The molecule has 2 aromatic rings. The Balaban J connectivity index is 2.46. The molecule has 0 saturated carbocycles. The molecule has 2 rings (SSSR count). The lowest BCUT2D eigenvalue weighted by molar-refractivity contribution is 0.0697. The summed E-state index contributed by atoms with van der Waals surface area (Å²) in [5, 5.41) is 8.86. The van der Waals surface area contributed by atoms with Crippen molar-refractivity contribution in [3.63, 3.8) is 0 Å². The lowest BCUT2D eigenvalue weighted by atomic mass is 9.98. The van der Waals surface area contributed by atoms with E-state index in [9.17, 15) is 9.18 Å². The van der Waals surface area contributed by atoms with Crippen molar-refractivity contribution >= 4 is 5.97 Å². The van der Waals surface area contributed by atoms with Crippen LogP contribution in [0.4, 0.5) is 4.39 Å². The first-order chi connectivity index (χ1) is 8.08. The number of rotatable bonds is 2. The molecule has 0 aliphatic carbocycles. The second kappa shape index (κ2) is 4.37. The molecule has 0 unspecified atom stereocenters. The number of carboxylic acid groups (broad SMARTS) is 1. The van der Waals surface area contributed by atoms with Crippen molar-refractivity contribution in [3.8, 4) is 11.1 Å². The lowest BCUT2D eigenvalue weighted by Crippen LogP contribution is -1.97. The van der Waals surface area contributed by atoms with Crippen LogP contribution in [0.2, 0.25) is 0 Å². The van der Waals surface area contributed by atoms with Gasteiger partial charge in [0.1, 0.15) is 5.82 Å². The van der Waals surface area contributed by atoms with E-state index in [0.717, 1.165) is 16.7 Å². The summed E-state index contributed by atoms with van der Waals surface area (Å²) in [6, 6.07) is 11.0. The van der Waals surface area contributed by atoms with Gasteiger partial charge in [0.15, 0.2) is 0 Å². The van der Waals surface area contributed by atoms with Crippen LogP contribution in [0, 0.1) is 12.7 Å². The normalized spacial score (nSPS) is 10.2. The molecule has 17 heavy (non-hydrogen) atoms. The number of carboxylic acids is 1. The largest absolute Gasteiger partial charge is 0.478 e. The van der Waals surface area contributed by atoms with Crippen LogP contribution in [0.15, 0.2) is 42.5 Å². The fourth-order valence-electron chi connectivity index (χ4n) is 1.75. The van der Waals surface area contributed by atoms with Crippen LogP contribution in [0.5, 0.6) is 0 Å². The third-order valence-electron chi connectivity index (χ3n) is 2.63. The van der Waals surface area contributed by atoms with Crippen molar-refractivity contribution < 1.29 is 14.3 Å². The highest BCUT2D eigenvalue weighted by Crippen LogP contribution is 2.24. The average molecular weight is 230 g/mol. The molecule has 0 aliphatic rings. The minimum absolute atomic E-state index is 0.258. The standard InChI is InChI=1S/C14H11FO2/c1-9-8-11(14(16)17)4-7-13(9)10-2-5-12(15)6-3-10/h2-8H,1H3,(H,16,17). The summed E-state index contributed by atoms with van der Waals surface area (Å²) in [5.74, 6) is -1.23. The average Bonchev–Trinajstić information content (AvgIpc) is 2.30. The molecular formula is C14H11FO2. The highest BCUT2D eigenvalue weighted by Gasteiger charge is 2.07. The number of hydrogen-bond donors (Lipinski definition) is 1. The SMILES string of the molecule is Cc1cc(C(=O)O)ccc1-c1ccc(F)cc1. The summed E-state index contributed by atoms with van der Waals surface area (Å²) < 4.78 is 12.8. The zero-order valence-electron chi connectivity index (χ0n) is 9.27. The third-order valence-corrected chi connectivity index (χ3v) is 2.63. The van der Waals surface area contributed by atoms with Crippen molar-refractivity contribution in [1.29, 1.82) is 0 Å². The number of carbonyl (C=O) groups is 1. The summed E-state index contributed by atoms with van der Waals surface area (Å²) in [6.45, 7) is 1.84. The topological polar surface area (TPSA) is 37.3 Å². The summed E-state index contributed by atoms with van der Waals surface area (Å²) in [5.41, 5.74) is 2.90. The maximum atomic E-state index is 12.8. The number of halogens is 1. The van der Waals surface area contributed by atoms with Gasteiger partial charge < -0.3 is 5.11 Å². The highest BCUT2D eigenvalue weighted by atomic mass is 19.1. The fraction of sp³-hybridized carbons (Fsp3) is 0.0714. The Labute approximate surface area is 98.3 Å². The van der Waals surface area contributed by atoms with Gasteiger partial charge in [0.2, 0.25) is 0 Å². The maximum absolute atomic E-state index is 12.8. The highest BCUT2D eigenvalue weighted by molar-refractivity contribution is 5.89. The van der Waals surface area contributed by atoms with Crippen LogP contribution in [0.1, 0.15) is 15.9 Å². The predicted molar refractivity (Wildman–Crippen MR) is 63.5 cm³/mol. The Morgan fingerprint density at radius 1 is 1.12 bits per heavy atom. The van der Waals surface area contributed by atoms with E-state index in [2.05, 4.69) is 0 Å². The lowest BCUT2D eigenvalue weighted by Gasteiger charge is -2.07. The molecule has 0 heterocycles. The molecular weight excluding hydrogens is 219 g/mol. The molecule has 0 atom stereocenters. The summed E-state index contributed by atoms with van der Waals surface area (Å²) in [4.78, 5) is 10.8. The minimum atomic E-state index is -0.946. The molecule has 0 bridgehead atoms. The van der Waals surface area contributed by atoms with Crippen LogP contribution in [0.25, 0.3) is 11.1 Å². The van der Waals surface area contributed by atoms with Crippen molar-refractivity contribution in [2.75, 3.05) is 0 Å². The Morgan fingerprint density at radius 2 is 1.76 bits per heavy atom. The van der Waals surface area contributed by atoms with Crippen LogP contribution < -0.4 is 0 Å². The summed E-state index contributed by atoms with van der Waals surface area (Å²) >= 11 is 0. The van der Waals surface area contributed by atoms with Gasteiger partial charge in [-0.1, -0.05) is 18.2 Å². The van der Waals surface area contributed by atoms with Gasteiger partial charge in [-0.05, 0) is 47.9 Å². The molecule has 0 radical (unpaired) electrons. The van der Waals surface area contributed by atoms with Crippen LogP contribution in [-0.4, -0.2) is 11.1 Å². The zero-order valence-corrected chi connectivity index (χ0v) is 9.27. The molecule has 0 aliphatic heterocycles. The fourth-order valence-corrected chi connectivity index (χ4v) is 1.75. The van der Waals surface area contributed by atoms with Crippen molar-refractivity contribution in [2.45, 2.75) is 6.92 Å². The van der Waals surface area contributed by atoms with Crippen LogP contribution in [0.3, 0.4) is 0 Å². The molecule has 0 fully saturated rings. The van der Waals surface area contributed by atoms with Gasteiger partial charge in [-0.25, -0.2) is 9.18 Å². The van der Waals surface area contributed by atoms with Gasteiger partial charge in [-0.15, -0.1) is 0 Å². The van der Waals surface area contributed by atoms with Gasteiger partial charge in [-0.2, -0.15) is 0 Å². The Kier molecular flexibility index (Phi) is 2.91. The molecule has 0 saturated heterocycles. The molecule has 0 aromatic heterocycles. The quantitative estimate of drug-likeness (QED) is 0.857. The van der Waals surface area contributed by atoms with E-state index in [4.69, 9.17) is 5.11 Å². The molecule has 2 aromatic carbocycles. The molecule has 3 heteroatoms. The van der Waals surface area contributed by atoms with Crippen LogP contribution in [-0.2, 0) is 0 Å².